The second kappa shape index (κ2) is 4.26. The van der Waals surface area contributed by atoms with Crippen molar-refractivity contribution in [1.29, 1.82) is 0 Å². The Bertz CT molecular complexity index is 299. The molecular weight excluding hydrogens is 178 g/mol. The van der Waals surface area contributed by atoms with Crippen LogP contribution in [0.15, 0.2) is 12.4 Å². The predicted molar refractivity (Wildman–Crippen MR) is 54.5 cm³/mol. The van der Waals surface area contributed by atoms with Gasteiger partial charge in [0.2, 0.25) is 5.88 Å². The molecule has 0 radical (unpaired) electrons. The van der Waals surface area contributed by atoms with Gasteiger partial charge in [-0.15, -0.1) is 0 Å². The van der Waals surface area contributed by atoms with Crippen LogP contribution in [0.25, 0.3) is 0 Å². The predicted octanol–water partition coefficient (Wildman–Crippen LogP) is 1.84. The Morgan fingerprint density at radius 3 is 3.00 bits per heavy atom. The van der Waals surface area contributed by atoms with Crippen molar-refractivity contribution in [2.75, 3.05) is 11.9 Å². The molecule has 0 unspecified atom stereocenters. The van der Waals surface area contributed by atoms with Crippen molar-refractivity contribution < 1.29 is 4.74 Å². The van der Waals surface area contributed by atoms with Crippen molar-refractivity contribution >= 4 is 5.82 Å². The summed E-state index contributed by atoms with van der Waals surface area (Å²) in [6.07, 6.45) is 7.29. The quantitative estimate of drug-likeness (QED) is 0.792. The summed E-state index contributed by atoms with van der Waals surface area (Å²) in [5, 5.41) is 3.10. The molecule has 0 aromatic carbocycles. The molecule has 1 aromatic rings. The number of nitrogens with zero attached hydrogens (tertiary/aromatic N) is 2. The number of nitrogens with one attached hydrogen (secondary N) is 1. The lowest BCUT2D eigenvalue weighted by molar-refractivity contribution is 0.114. The van der Waals surface area contributed by atoms with E-state index in [1.165, 1.54) is 6.42 Å². The van der Waals surface area contributed by atoms with Gasteiger partial charge in [-0.1, -0.05) is 0 Å². The molecule has 1 N–H and O–H groups in total. The van der Waals surface area contributed by atoms with Crippen molar-refractivity contribution in [1.82, 2.24) is 9.97 Å². The zero-order valence-electron chi connectivity index (χ0n) is 8.36. The van der Waals surface area contributed by atoms with Gasteiger partial charge in [-0.05, 0) is 26.2 Å². The maximum atomic E-state index is 5.62. The van der Waals surface area contributed by atoms with E-state index in [-0.39, 0.29) is 0 Å². The molecule has 0 aliphatic heterocycles. The van der Waals surface area contributed by atoms with E-state index in [0.29, 0.717) is 12.0 Å². The monoisotopic (exact) mass is 193 g/mol. The minimum absolute atomic E-state index is 0.362. The van der Waals surface area contributed by atoms with Crippen LogP contribution in [0.2, 0.25) is 0 Å². The van der Waals surface area contributed by atoms with E-state index in [2.05, 4.69) is 15.3 Å². The molecule has 1 heterocycles. The average Bonchev–Trinajstić information content (AvgIpc) is 2.13. The molecule has 4 nitrogen and oxygen atoms in total. The zero-order valence-corrected chi connectivity index (χ0v) is 8.36. The van der Waals surface area contributed by atoms with Crippen LogP contribution in [0.3, 0.4) is 0 Å². The highest BCUT2D eigenvalue weighted by Gasteiger charge is 2.19. The molecule has 1 saturated carbocycles. The van der Waals surface area contributed by atoms with E-state index < -0.39 is 0 Å². The molecule has 1 aromatic heterocycles. The SMILES string of the molecule is CCNc1cncc(OC2CCC2)n1. The molecule has 1 fully saturated rings. The smallest absolute Gasteiger partial charge is 0.234 e. The summed E-state index contributed by atoms with van der Waals surface area (Å²) in [4.78, 5) is 8.35. The second-order valence-corrected chi connectivity index (χ2v) is 3.44. The van der Waals surface area contributed by atoms with Crippen LogP contribution in [0.1, 0.15) is 26.2 Å². The standard InChI is InChI=1S/C10H15N3O/c1-2-12-9-6-11-7-10(13-9)14-8-4-3-5-8/h6-8H,2-5H2,1H3,(H,12,13). The fourth-order valence-corrected chi connectivity index (χ4v) is 1.33. The summed E-state index contributed by atoms with van der Waals surface area (Å²) in [5.74, 6) is 1.41. The minimum Gasteiger partial charge on any atom is -0.473 e. The topological polar surface area (TPSA) is 47.0 Å². The van der Waals surface area contributed by atoms with Crippen molar-refractivity contribution in [3.05, 3.63) is 12.4 Å². The number of ether oxygens (including phenoxy) is 1. The van der Waals surface area contributed by atoms with Crippen LogP contribution >= 0.6 is 0 Å². The molecule has 76 valence electrons. The molecule has 0 bridgehead atoms. The lowest BCUT2D eigenvalue weighted by atomic mass is 9.96. The first-order valence-corrected chi connectivity index (χ1v) is 5.11. The van der Waals surface area contributed by atoms with E-state index >= 15 is 0 Å². The van der Waals surface area contributed by atoms with Gasteiger partial charge in [0.05, 0.1) is 12.4 Å². The lowest BCUT2D eigenvalue weighted by Crippen LogP contribution is -2.25. The Hall–Kier alpha value is -1.32. The van der Waals surface area contributed by atoms with Crippen LogP contribution in [-0.2, 0) is 0 Å². The van der Waals surface area contributed by atoms with E-state index in [0.717, 1.165) is 25.2 Å². The summed E-state index contributed by atoms with van der Waals surface area (Å²) in [6.45, 7) is 2.88. The highest BCUT2D eigenvalue weighted by atomic mass is 16.5. The zero-order chi connectivity index (χ0) is 9.80. The fourth-order valence-electron chi connectivity index (χ4n) is 1.33. The molecule has 0 saturated heterocycles. The third-order valence-electron chi connectivity index (χ3n) is 2.31. The number of hydrogen-bond donors (Lipinski definition) is 1. The number of rotatable bonds is 4. The first-order chi connectivity index (χ1) is 6.88. The van der Waals surface area contributed by atoms with Gasteiger partial charge in [-0.3, -0.25) is 4.98 Å². The first-order valence-electron chi connectivity index (χ1n) is 5.11. The van der Waals surface area contributed by atoms with Crippen molar-refractivity contribution in [2.45, 2.75) is 32.3 Å². The highest BCUT2D eigenvalue weighted by Crippen LogP contribution is 2.23. The maximum Gasteiger partial charge on any atom is 0.234 e. The van der Waals surface area contributed by atoms with Crippen LogP contribution in [0, 0.1) is 0 Å². The molecule has 0 spiro atoms. The summed E-state index contributed by atoms with van der Waals surface area (Å²) < 4.78 is 5.62. The van der Waals surface area contributed by atoms with Gasteiger partial charge in [-0.25, -0.2) is 0 Å². The van der Waals surface area contributed by atoms with Crippen LogP contribution in [0.5, 0.6) is 5.88 Å². The van der Waals surface area contributed by atoms with Gasteiger partial charge in [0.25, 0.3) is 0 Å². The number of hydrogen-bond acceptors (Lipinski definition) is 4. The van der Waals surface area contributed by atoms with Crippen molar-refractivity contribution in [3.63, 3.8) is 0 Å². The van der Waals surface area contributed by atoms with Gasteiger partial charge in [0, 0.05) is 6.54 Å². The molecule has 1 aliphatic rings. The maximum absolute atomic E-state index is 5.62. The normalized spacial score (nSPS) is 16.1. The third-order valence-corrected chi connectivity index (χ3v) is 2.31. The van der Waals surface area contributed by atoms with Gasteiger partial charge in [-0.2, -0.15) is 4.98 Å². The van der Waals surface area contributed by atoms with Crippen molar-refractivity contribution in [3.8, 4) is 5.88 Å². The van der Waals surface area contributed by atoms with Crippen molar-refractivity contribution in [2.24, 2.45) is 0 Å². The average molecular weight is 193 g/mol. The Morgan fingerprint density at radius 1 is 1.50 bits per heavy atom. The van der Waals surface area contributed by atoms with E-state index in [9.17, 15) is 0 Å². The molecule has 1 aliphatic carbocycles. The minimum atomic E-state index is 0.362. The van der Waals surface area contributed by atoms with E-state index in [1.54, 1.807) is 12.4 Å². The van der Waals surface area contributed by atoms with E-state index in [4.69, 9.17) is 4.74 Å². The fraction of sp³-hybridized carbons (Fsp3) is 0.600. The number of aromatic nitrogens is 2. The lowest BCUT2D eigenvalue weighted by Gasteiger charge is -2.25. The van der Waals surface area contributed by atoms with Crippen LogP contribution < -0.4 is 10.1 Å². The van der Waals surface area contributed by atoms with Crippen LogP contribution in [0.4, 0.5) is 5.82 Å². The molecule has 0 atom stereocenters. The summed E-state index contributed by atoms with van der Waals surface area (Å²) >= 11 is 0. The summed E-state index contributed by atoms with van der Waals surface area (Å²) in [6, 6.07) is 0. The Morgan fingerprint density at radius 2 is 2.36 bits per heavy atom. The largest absolute Gasteiger partial charge is 0.473 e. The molecule has 0 amide bonds. The molecule has 14 heavy (non-hydrogen) atoms. The summed E-state index contributed by atoms with van der Waals surface area (Å²) in [5.41, 5.74) is 0. The highest BCUT2D eigenvalue weighted by molar-refractivity contribution is 5.32. The Labute approximate surface area is 83.7 Å². The Balaban J connectivity index is 1.97. The van der Waals surface area contributed by atoms with Gasteiger partial charge < -0.3 is 10.1 Å². The summed E-state index contributed by atoms with van der Waals surface area (Å²) in [7, 11) is 0. The molecule has 4 heteroatoms. The number of anilines is 1. The first kappa shape index (κ1) is 9.24. The van der Waals surface area contributed by atoms with Gasteiger partial charge in [0.1, 0.15) is 11.9 Å². The van der Waals surface area contributed by atoms with Crippen LogP contribution in [-0.4, -0.2) is 22.6 Å². The third kappa shape index (κ3) is 2.13. The van der Waals surface area contributed by atoms with Gasteiger partial charge >= 0.3 is 0 Å². The second-order valence-electron chi connectivity index (χ2n) is 3.44. The Kier molecular flexibility index (Phi) is 2.81. The molecule has 2 rings (SSSR count). The van der Waals surface area contributed by atoms with Gasteiger partial charge in [0.15, 0.2) is 0 Å². The van der Waals surface area contributed by atoms with E-state index in [1.807, 2.05) is 6.92 Å². The molecular formula is C10H15N3O.